The number of ether oxygens (including phenoxy) is 1. The molecule has 5 nitrogen and oxygen atoms in total. The molecule has 30 heavy (non-hydrogen) atoms. The largest absolute Gasteiger partial charge is 0.479 e. The fraction of sp³-hybridized carbons (Fsp3) is 0.167. The Morgan fingerprint density at radius 3 is 2.47 bits per heavy atom. The summed E-state index contributed by atoms with van der Waals surface area (Å²) in [5.74, 6) is -1.52. The van der Waals surface area contributed by atoms with Crippen molar-refractivity contribution in [2.24, 2.45) is 0 Å². The number of aliphatic carboxylic acids is 1. The van der Waals surface area contributed by atoms with E-state index < -0.39 is 12.1 Å². The van der Waals surface area contributed by atoms with E-state index in [1.807, 2.05) is 47.2 Å². The first-order valence-electron chi connectivity index (χ1n) is 9.49. The summed E-state index contributed by atoms with van der Waals surface area (Å²) in [5, 5.41) is 8.84. The zero-order chi connectivity index (χ0) is 21.5. The molecular weight excluding hydrogens is 385 g/mol. The Morgan fingerprint density at radius 1 is 1.10 bits per heavy atom. The molecular formula is C24H22FNO4. The molecule has 154 valence electrons. The van der Waals surface area contributed by atoms with Crippen LogP contribution in [0.4, 0.5) is 4.39 Å². The van der Waals surface area contributed by atoms with E-state index >= 15 is 0 Å². The zero-order valence-corrected chi connectivity index (χ0v) is 16.5. The molecule has 0 saturated carbocycles. The van der Waals surface area contributed by atoms with Gasteiger partial charge in [-0.2, -0.15) is 0 Å². The predicted octanol–water partition coefficient (Wildman–Crippen LogP) is 4.56. The number of hydrogen-bond acceptors (Lipinski definition) is 3. The number of rotatable bonds is 9. The molecule has 6 heteroatoms. The highest BCUT2D eigenvalue weighted by molar-refractivity contribution is 6.08. The van der Waals surface area contributed by atoms with Crippen LogP contribution < -0.4 is 0 Å². The van der Waals surface area contributed by atoms with Gasteiger partial charge in [0.2, 0.25) is 5.78 Å². The highest BCUT2D eigenvalue weighted by atomic mass is 19.1. The van der Waals surface area contributed by atoms with E-state index in [4.69, 9.17) is 9.84 Å². The predicted molar refractivity (Wildman–Crippen MR) is 112 cm³/mol. The van der Waals surface area contributed by atoms with Gasteiger partial charge in [-0.05, 0) is 54.4 Å². The zero-order valence-electron chi connectivity index (χ0n) is 16.5. The van der Waals surface area contributed by atoms with Crippen molar-refractivity contribution in [1.29, 1.82) is 0 Å². The van der Waals surface area contributed by atoms with Crippen molar-refractivity contribution in [3.05, 3.63) is 101 Å². The number of ketones is 1. The van der Waals surface area contributed by atoms with Crippen molar-refractivity contribution in [2.75, 3.05) is 0 Å². The molecule has 0 spiro atoms. The fourth-order valence-corrected chi connectivity index (χ4v) is 2.85. The third kappa shape index (κ3) is 5.52. The SMILES string of the molecule is C[C@H](OCc1ccc(/C=C/Cn2cccc2C(=O)c2ccc(F)cc2)cc1)C(=O)O. The van der Waals surface area contributed by atoms with Crippen LogP contribution in [0.2, 0.25) is 0 Å². The Bertz CT molecular complexity index is 1040. The maximum Gasteiger partial charge on any atom is 0.332 e. The number of hydrogen-bond donors (Lipinski definition) is 1. The third-order valence-corrected chi connectivity index (χ3v) is 4.61. The van der Waals surface area contributed by atoms with E-state index in [-0.39, 0.29) is 18.2 Å². The summed E-state index contributed by atoms with van der Waals surface area (Å²) >= 11 is 0. The first-order chi connectivity index (χ1) is 14.4. The van der Waals surface area contributed by atoms with Crippen molar-refractivity contribution < 1.29 is 23.8 Å². The molecule has 2 aromatic carbocycles. The molecule has 0 saturated heterocycles. The lowest BCUT2D eigenvalue weighted by Crippen LogP contribution is -2.19. The second-order valence-electron chi connectivity index (χ2n) is 6.82. The molecule has 0 aliphatic heterocycles. The van der Waals surface area contributed by atoms with Gasteiger partial charge in [0.1, 0.15) is 5.82 Å². The summed E-state index contributed by atoms with van der Waals surface area (Å²) in [6, 6.07) is 16.7. The molecule has 1 heterocycles. The van der Waals surface area contributed by atoms with E-state index in [0.29, 0.717) is 17.8 Å². The Morgan fingerprint density at radius 2 is 1.80 bits per heavy atom. The maximum atomic E-state index is 13.1. The summed E-state index contributed by atoms with van der Waals surface area (Å²) in [4.78, 5) is 23.4. The molecule has 0 bridgehead atoms. The van der Waals surface area contributed by atoms with Gasteiger partial charge in [0.15, 0.2) is 6.10 Å². The second-order valence-corrected chi connectivity index (χ2v) is 6.82. The lowest BCUT2D eigenvalue weighted by atomic mass is 10.1. The van der Waals surface area contributed by atoms with Crippen LogP contribution in [0.15, 0.2) is 72.9 Å². The van der Waals surface area contributed by atoms with E-state index in [2.05, 4.69) is 0 Å². The van der Waals surface area contributed by atoms with Crippen LogP contribution in [-0.4, -0.2) is 27.5 Å². The summed E-state index contributed by atoms with van der Waals surface area (Å²) in [7, 11) is 0. The number of nitrogens with zero attached hydrogens (tertiary/aromatic N) is 1. The number of benzene rings is 2. The van der Waals surface area contributed by atoms with Gasteiger partial charge in [-0.1, -0.05) is 36.4 Å². The minimum absolute atomic E-state index is 0.159. The van der Waals surface area contributed by atoms with Gasteiger partial charge in [0.25, 0.3) is 0 Å². The fourth-order valence-electron chi connectivity index (χ4n) is 2.85. The first-order valence-corrected chi connectivity index (χ1v) is 9.49. The van der Waals surface area contributed by atoms with Gasteiger partial charge in [0.05, 0.1) is 12.3 Å². The molecule has 1 atom stereocenters. The normalized spacial score (nSPS) is 12.2. The van der Waals surface area contributed by atoms with Crippen LogP contribution in [0.1, 0.15) is 34.1 Å². The number of halogens is 1. The van der Waals surface area contributed by atoms with E-state index in [1.54, 1.807) is 12.1 Å². The second kappa shape index (κ2) is 9.80. The molecule has 0 fully saturated rings. The average Bonchev–Trinajstić information content (AvgIpc) is 3.21. The van der Waals surface area contributed by atoms with Crippen LogP contribution in [0.3, 0.4) is 0 Å². The van der Waals surface area contributed by atoms with Crippen molar-refractivity contribution >= 4 is 17.8 Å². The number of aromatic nitrogens is 1. The van der Waals surface area contributed by atoms with Crippen LogP contribution >= 0.6 is 0 Å². The lowest BCUT2D eigenvalue weighted by molar-refractivity contribution is -0.149. The number of carboxylic acids is 1. The van der Waals surface area contributed by atoms with Crippen molar-refractivity contribution in [2.45, 2.75) is 26.2 Å². The number of carbonyl (C=O) groups excluding carboxylic acids is 1. The summed E-state index contributed by atoms with van der Waals surface area (Å²) in [5.41, 5.74) is 2.84. The van der Waals surface area contributed by atoms with E-state index in [0.717, 1.165) is 11.1 Å². The minimum Gasteiger partial charge on any atom is -0.479 e. The molecule has 0 unspecified atom stereocenters. The van der Waals surface area contributed by atoms with Crippen molar-refractivity contribution in [1.82, 2.24) is 4.57 Å². The molecule has 1 aromatic heterocycles. The van der Waals surface area contributed by atoms with Crippen LogP contribution in [0.25, 0.3) is 6.08 Å². The Hall–Kier alpha value is -3.51. The van der Waals surface area contributed by atoms with Gasteiger partial charge in [-0.15, -0.1) is 0 Å². The third-order valence-electron chi connectivity index (χ3n) is 4.61. The molecule has 3 aromatic rings. The minimum atomic E-state index is -0.989. The van der Waals surface area contributed by atoms with E-state index in [9.17, 15) is 14.0 Å². The average molecular weight is 407 g/mol. The summed E-state index contributed by atoms with van der Waals surface area (Å²) in [6.45, 7) is 2.24. The highest BCUT2D eigenvalue weighted by Gasteiger charge is 2.13. The topological polar surface area (TPSA) is 68.5 Å². The highest BCUT2D eigenvalue weighted by Crippen LogP contribution is 2.13. The standard InChI is InChI=1S/C24H22FNO4/c1-17(24(28)29)30-16-19-8-6-18(7-9-19)4-2-14-26-15-3-5-22(26)23(27)20-10-12-21(25)13-11-20/h2-13,15,17H,14,16H2,1H3,(H,28,29)/b4-2+/t17-/m0/s1. The Labute approximate surface area is 174 Å². The molecule has 0 aliphatic carbocycles. The van der Waals surface area contributed by atoms with Gasteiger partial charge in [0, 0.05) is 18.3 Å². The van der Waals surface area contributed by atoms with E-state index in [1.165, 1.54) is 31.2 Å². The van der Waals surface area contributed by atoms with Gasteiger partial charge in [-0.3, -0.25) is 4.79 Å². The number of carboxylic acid groups (broad SMARTS) is 1. The molecule has 0 amide bonds. The smallest absolute Gasteiger partial charge is 0.332 e. The maximum absolute atomic E-state index is 13.1. The Balaban J connectivity index is 1.60. The Kier molecular flexibility index (Phi) is 6.93. The number of allylic oxidation sites excluding steroid dienone is 1. The molecule has 0 aliphatic rings. The molecule has 1 N–H and O–H groups in total. The van der Waals surface area contributed by atoms with Crippen LogP contribution in [0.5, 0.6) is 0 Å². The molecule has 3 rings (SSSR count). The van der Waals surface area contributed by atoms with Gasteiger partial charge >= 0.3 is 5.97 Å². The first kappa shape index (κ1) is 21.2. The van der Waals surface area contributed by atoms with Gasteiger partial charge in [-0.25, -0.2) is 9.18 Å². The van der Waals surface area contributed by atoms with Crippen LogP contribution in [-0.2, 0) is 22.7 Å². The summed E-state index contributed by atoms with van der Waals surface area (Å²) in [6.07, 6.45) is 4.86. The monoisotopic (exact) mass is 407 g/mol. The quantitative estimate of drug-likeness (QED) is 0.528. The van der Waals surface area contributed by atoms with Gasteiger partial charge < -0.3 is 14.4 Å². The lowest BCUT2D eigenvalue weighted by Gasteiger charge is -2.08. The van der Waals surface area contributed by atoms with Crippen molar-refractivity contribution in [3.8, 4) is 0 Å². The van der Waals surface area contributed by atoms with Crippen LogP contribution in [0, 0.1) is 5.82 Å². The molecule has 0 radical (unpaired) electrons. The summed E-state index contributed by atoms with van der Waals surface area (Å²) < 4.78 is 20.2. The number of carbonyl (C=O) groups is 2. The van der Waals surface area contributed by atoms with Crippen molar-refractivity contribution in [3.63, 3.8) is 0 Å².